The Bertz CT molecular complexity index is 933. The van der Waals surface area contributed by atoms with Crippen LogP contribution in [0, 0.1) is 5.92 Å². The second-order valence-electron chi connectivity index (χ2n) is 6.62. The molecule has 1 saturated heterocycles. The summed E-state index contributed by atoms with van der Waals surface area (Å²) in [4.78, 5) is 14.7. The molecule has 1 amide bonds. The maximum atomic E-state index is 12.5. The number of amides is 1. The molecule has 1 aliphatic heterocycles. The van der Waals surface area contributed by atoms with Crippen molar-refractivity contribution >= 4 is 17.4 Å². The van der Waals surface area contributed by atoms with E-state index in [1.165, 1.54) is 0 Å². The van der Waals surface area contributed by atoms with Gasteiger partial charge in [-0.2, -0.15) is 4.52 Å². The summed E-state index contributed by atoms with van der Waals surface area (Å²) in [6, 6.07) is 11.6. The Morgan fingerprint density at radius 3 is 2.85 bits per heavy atom. The molecule has 0 bridgehead atoms. The van der Waals surface area contributed by atoms with Crippen LogP contribution in [0.25, 0.3) is 5.65 Å². The molecule has 0 saturated carbocycles. The molecule has 8 heteroatoms. The number of methoxy groups -OCH3 is 1. The van der Waals surface area contributed by atoms with Gasteiger partial charge in [-0.15, -0.1) is 15.3 Å². The van der Waals surface area contributed by atoms with Crippen LogP contribution in [-0.2, 0) is 11.3 Å². The molecule has 0 radical (unpaired) electrons. The van der Waals surface area contributed by atoms with Crippen LogP contribution in [0.1, 0.15) is 18.4 Å². The summed E-state index contributed by atoms with van der Waals surface area (Å²) < 4.78 is 7.00. The monoisotopic (exact) mass is 366 g/mol. The number of rotatable bonds is 5. The van der Waals surface area contributed by atoms with Gasteiger partial charge >= 0.3 is 0 Å². The number of carbonyl (C=O) groups excluding carboxylic acids is 1. The number of fused-ring (bicyclic) bond motifs is 1. The van der Waals surface area contributed by atoms with Crippen molar-refractivity contribution in [1.82, 2.24) is 25.1 Å². The maximum Gasteiger partial charge on any atom is 0.223 e. The van der Waals surface area contributed by atoms with Gasteiger partial charge in [-0.3, -0.25) is 4.79 Å². The molecule has 1 fully saturated rings. The number of hydrogen-bond acceptors (Lipinski definition) is 6. The van der Waals surface area contributed by atoms with Crippen molar-refractivity contribution in [2.24, 2.45) is 5.92 Å². The molecule has 27 heavy (non-hydrogen) atoms. The number of piperidine rings is 1. The van der Waals surface area contributed by atoms with E-state index in [4.69, 9.17) is 4.74 Å². The smallest absolute Gasteiger partial charge is 0.223 e. The standard InChI is InChI=1S/C19H22N6O2/c1-27-16-5-3-2-4-15(16)12-20-19(26)14-8-10-24(11-9-14)18-7-6-17-22-21-13-25(17)23-18/h2-7,13-14H,8-12H2,1H3,(H,20,26). The van der Waals surface area contributed by atoms with Crippen molar-refractivity contribution in [3.8, 4) is 5.75 Å². The maximum absolute atomic E-state index is 12.5. The van der Waals surface area contributed by atoms with Crippen molar-refractivity contribution in [3.63, 3.8) is 0 Å². The van der Waals surface area contributed by atoms with E-state index in [1.807, 2.05) is 36.4 Å². The van der Waals surface area contributed by atoms with E-state index in [1.54, 1.807) is 18.0 Å². The Kier molecular flexibility index (Phi) is 4.86. The van der Waals surface area contributed by atoms with Crippen molar-refractivity contribution in [1.29, 1.82) is 0 Å². The fourth-order valence-corrected chi connectivity index (χ4v) is 3.43. The van der Waals surface area contributed by atoms with E-state index in [0.29, 0.717) is 6.54 Å². The zero-order valence-corrected chi connectivity index (χ0v) is 15.2. The molecule has 140 valence electrons. The van der Waals surface area contributed by atoms with Gasteiger partial charge in [-0.05, 0) is 31.0 Å². The lowest BCUT2D eigenvalue weighted by Gasteiger charge is -2.32. The average molecular weight is 366 g/mol. The largest absolute Gasteiger partial charge is 0.496 e. The molecular weight excluding hydrogens is 344 g/mol. The molecule has 1 N–H and O–H groups in total. The van der Waals surface area contributed by atoms with Crippen LogP contribution in [0.15, 0.2) is 42.7 Å². The van der Waals surface area contributed by atoms with Gasteiger partial charge in [0.2, 0.25) is 5.91 Å². The molecule has 2 aromatic heterocycles. The molecule has 4 rings (SSSR count). The zero-order valence-electron chi connectivity index (χ0n) is 15.2. The highest BCUT2D eigenvalue weighted by Crippen LogP contribution is 2.23. The van der Waals surface area contributed by atoms with E-state index < -0.39 is 0 Å². The summed E-state index contributed by atoms with van der Waals surface area (Å²) in [6.07, 6.45) is 3.20. The van der Waals surface area contributed by atoms with Crippen LogP contribution in [0.5, 0.6) is 5.75 Å². The number of aromatic nitrogens is 4. The Morgan fingerprint density at radius 1 is 1.22 bits per heavy atom. The van der Waals surface area contributed by atoms with Crippen LogP contribution in [-0.4, -0.2) is 45.9 Å². The molecule has 0 unspecified atom stereocenters. The lowest BCUT2D eigenvalue weighted by atomic mass is 9.96. The predicted octanol–water partition coefficient (Wildman–Crippen LogP) is 1.67. The average Bonchev–Trinajstić information content (AvgIpc) is 3.20. The number of para-hydroxylation sites is 1. The fourth-order valence-electron chi connectivity index (χ4n) is 3.43. The quantitative estimate of drug-likeness (QED) is 0.739. The fraction of sp³-hybridized carbons (Fsp3) is 0.368. The van der Waals surface area contributed by atoms with Gasteiger partial charge in [0.1, 0.15) is 17.9 Å². The molecular formula is C19H22N6O2. The highest BCUT2D eigenvalue weighted by Gasteiger charge is 2.25. The highest BCUT2D eigenvalue weighted by atomic mass is 16.5. The minimum absolute atomic E-state index is 0.0228. The third kappa shape index (κ3) is 3.69. The number of carbonyl (C=O) groups is 1. The number of nitrogens with one attached hydrogen (secondary N) is 1. The number of anilines is 1. The van der Waals surface area contributed by atoms with E-state index in [0.717, 1.165) is 48.7 Å². The Balaban J connectivity index is 1.32. The number of benzene rings is 1. The van der Waals surface area contributed by atoms with Gasteiger partial charge in [-0.1, -0.05) is 18.2 Å². The van der Waals surface area contributed by atoms with Crippen LogP contribution in [0.4, 0.5) is 5.82 Å². The Hall–Kier alpha value is -3.16. The first-order chi connectivity index (χ1) is 13.2. The summed E-state index contributed by atoms with van der Waals surface area (Å²) >= 11 is 0. The van der Waals surface area contributed by atoms with Crippen molar-refractivity contribution < 1.29 is 9.53 Å². The third-order valence-corrected chi connectivity index (χ3v) is 4.98. The third-order valence-electron chi connectivity index (χ3n) is 4.98. The number of hydrogen-bond donors (Lipinski definition) is 1. The molecule has 0 aliphatic carbocycles. The molecule has 0 spiro atoms. The van der Waals surface area contributed by atoms with Gasteiger partial charge in [0.05, 0.1) is 7.11 Å². The normalized spacial score (nSPS) is 15.1. The van der Waals surface area contributed by atoms with E-state index in [-0.39, 0.29) is 11.8 Å². The van der Waals surface area contributed by atoms with E-state index in [2.05, 4.69) is 25.5 Å². The lowest BCUT2D eigenvalue weighted by Crippen LogP contribution is -2.40. The first-order valence-corrected chi connectivity index (χ1v) is 9.06. The molecule has 8 nitrogen and oxygen atoms in total. The first-order valence-electron chi connectivity index (χ1n) is 9.06. The van der Waals surface area contributed by atoms with Gasteiger partial charge in [0.25, 0.3) is 0 Å². The molecule has 3 heterocycles. The van der Waals surface area contributed by atoms with Crippen LogP contribution in [0.3, 0.4) is 0 Å². The van der Waals surface area contributed by atoms with Crippen molar-refractivity contribution in [3.05, 3.63) is 48.3 Å². The number of nitrogens with zero attached hydrogens (tertiary/aromatic N) is 5. The van der Waals surface area contributed by atoms with Gasteiger partial charge in [-0.25, -0.2) is 0 Å². The van der Waals surface area contributed by atoms with E-state index >= 15 is 0 Å². The SMILES string of the molecule is COc1ccccc1CNC(=O)C1CCN(c2ccc3nncn3n2)CC1. The van der Waals surface area contributed by atoms with Crippen LogP contribution >= 0.6 is 0 Å². The van der Waals surface area contributed by atoms with Crippen LogP contribution in [0.2, 0.25) is 0 Å². The summed E-state index contributed by atoms with van der Waals surface area (Å²) in [5.41, 5.74) is 1.71. The van der Waals surface area contributed by atoms with Crippen LogP contribution < -0.4 is 15.0 Å². The van der Waals surface area contributed by atoms with Gasteiger partial charge in [0, 0.05) is 31.1 Å². The molecule has 1 aromatic carbocycles. The predicted molar refractivity (Wildman–Crippen MR) is 101 cm³/mol. The number of ether oxygens (including phenoxy) is 1. The summed E-state index contributed by atoms with van der Waals surface area (Å²) in [6.45, 7) is 2.08. The second-order valence-corrected chi connectivity index (χ2v) is 6.62. The molecule has 1 aliphatic rings. The van der Waals surface area contributed by atoms with Crippen molar-refractivity contribution in [2.75, 3.05) is 25.1 Å². The summed E-state index contributed by atoms with van der Waals surface area (Å²) in [7, 11) is 1.64. The minimum Gasteiger partial charge on any atom is -0.496 e. The van der Waals surface area contributed by atoms with E-state index in [9.17, 15) is 4.79 Å². The first kappa shape index (κ1) is 17.3. The zero-order chi connectivity index (χ0) is 18.6. The van der Waals surface area contributed by atoms with Gasteiger partial charge in [0.15, 0.2) is 5.65 Å². The molecule has 0 atom stereocenters. The second kappa shape index (κ2) is 7.61. The topological polar surface area (TPSA) is 84.6 Å². The van der Waals surface area contributed by atoms with Crippen molar-refractivity contribution in [2.45, 2.75) is 19.4 Å². The molecule has 3 aromatic rings. The lowest BCUT2D eigenvalue weighted by molar-refractivity contribution is -0.125. The minimum atomic E-state index is 0.0228. The highest BCUT2D eigenvalue weighted by molar-refractivity contribution is 5.79. The Labute approximate surface area is 157 Å². The van der Waals surface area contributed by atoms with Gasteiger partial charge < -0.3 is 15.0 Å². The summed E-state index contributed by atoms with van der Waals surface area (Å²) in [5.74, 6) is 1.80. The Morgan fingerprint density at radius 2 is 2.04 bits per heavy atom. The summed E-state index contributed by atoms with van der Waals surface area (Å²) in [5, 5.41) is 15.4.